The molecule has 0 amide bonds. The fourth-order valence-corrected chi connectivity index (χ4v) is 1.94. The number of ether oxygens (including phenoxy) is 1. The van der Waals surface area contributed by atoms with Crippen LogP contribution in [0.5, 0.6) is 5.75 Å². The van der Waals surface area contributed by atoms with Gasteiger partial charge in [0.15, 0.2) is 0 Å². The monoisotopic (exact) mass is 341 g/mol. The van der Waals surface area contributed by atoms with Gasteiger partial charge in [-0.1, -0.05) is 12.1 Å². The third-order valence-electron chi connectivity index (χ3n) is 2.46. The van der Waals surface area contributed by atoms with Crippen molar-refractivity contribution in [3.05, 3.63) is 57.4 Å². The number of methoxy groups -OCH3 is 1. The molecular weight excluding hydrogens is 329 g/mol. The van der Waals surface area contributed by atoms with E-state index in [1.54, 1.807) is 25.4 Å². The van der Waals surface area contributed by atoms with Gasteiger partial charge in [-0.2, -0.15) is 0 Å². The Morgan fingerprint density at radius 2 is 1.94 bits per heavy atom. The average Bonchev–Trinajstić information content (AvgIpc) is 2.39. The molecule has 17 heavy (non-hydrogen) atoms. The number of benzene rings is 1. The Morgan fingerprint density at radius 1 is 1.24 bits per heavy atom. The summed E-state index contributed by atoms with van der Waals surface area (Å²) in [6, 6.07) is 11.3. The highest BCUT2D eigenvalue weighted by Crippen LogP contribution is 2.27. The molecule has 1 aromatic heterocycles. The second-order valence-corrected chi connectivity index (χ2v) is 4.79. The minimum atomic E-state index is -0.761. The molecule has 0 fully saturated rings. The first-order chi connectivity index (χ1) is 8.22. The third-order valence-corrected chi connectivity index (χ3v) is 3.18. The predicted molar refractivity (Wildman–Crippen MR) is 74.0 cm³/mol. The molecular formula is C13H12INO2. The highest BCUT2D eigenvalue weighted by Gasteiger charge is 2.16. The van der Waals surface area contributed by atoms with E-state index in [4.69, 9.17) is 4.74 Å². The Balaban J connectivity index is 2.36. The largest absolute Gasteiger partial charge is 0.495 e. The van der Waals surface area contributed by atoms with Gasteiger partial charge in [0.05, 0.1) is 7.11 Å². The molecule has 0 aliphatic rings. The van der Waals surface area contributed by atoms with Gasteiger partial charge in [-0.15, -0.1) is 0 Å². The normalized spacial score (nSPS) is 12.2. The molecule has 1 heterocycles. The molecule has 0 radical (unpaired) electrons. The van der Waals surface area contributed by atoms with E-state index < -0.39 is 6.10 Å². The quantitative estimate of drug-likeness (QED) is 0.873. The van der Waals surface area contributed by atoms with Gasteiger partial charge in [-0.25, -0.2) is 0 Å². The molecule has 2 rings (SSSR count). The van der Waals surface area contributed by atoms with Gasteiger partial charge >= 0.3 is 0 Å². The molecule has 0 saturated carbocycles. The molecule has 0 saturated heterocycles. The Bertz CT molecular complexity index is 499. The summed E-state index contributed by atoms with van der Waals surface area (Å²) in [5.41, 5.74) is 1.35. The molecule has 4 heteroatoms. The van der Waals surface area contributed by atoms with Crippen molar-refractivity contribution in [3.63, 3.8) is 0 Å². The van der Waals surface area contributed by atoms with Crippen molar-refractivity contribution in [2.45, 2.75) is 6.10 Å². The summed E-state index contributed by atoms with van der Waals surface area (Å²) < 4.78 is 6.32. The SMILES string of the molecule is COc1cccnc1C(O)c1ccc(I)cc1. The summed E-state index contributed by atoms with van der Waals surface area (Å²) in [7, 11) is 1.57. The highest BCUT2D eigenvalue weighted by atomic mass is 127. The van der Waals surface area contributed by atoms with Crippen LogP contribution in [0.15, 0.2) is 42.6 Å². The number of aliphatic hydroxyl groups is 1. The van der Waals surface area contributed by atoms with Crippen molar-refractivity contribution < 1.29 is 9.84 Å². The second kappa shape index (κ2) is 5.46. The van der Waals surface area contributed by atoms with Gasteiger partial charge < -0.3 is 9.84 Å². The Hall–Kier alpha value is -1.14. The van der Waals surface area contributed by atoms with Crippen LogP contribution in [0.25, 0.3) is 0 Å². The van der Waals surface area contributed by atoms with Crippen LogP contribution in [0.3, 0.4) is 0 Å². The van der Waals surface area contributed by atoms with Crippen LogP contribution in [0, 0.1) is 3.57 Å². The van der Waals surface area contributed by atoms with E-state index in [0.717, 1.165) is 9.13 Å². The standard InChI is InChI=1S/C13H12INO2/c1-17-11-3-2-8-15-12(11)13(16)9-4-6-10(14)7-5-9/h2-8,13,16H,1H3. The van der Waals surface area contributed by atoms with Crippen molar-refractivity contribution in [3.8, 4) is 5.75 Å². The number of nitrogens with zero attached hydrogens (tertiary/aromatic N) is 1. The topological polar surface area (TPSA) is 42.4 Å². The van der Waals surface area contributed by atoms with E-state index in [9.17, 15) is 5.11 Å². The minimum Gasteiger partial charge on any atom is -0.495 e. The Kier molecular flexibility index (Phi) is 3.96. The minimum absolute atomic E-state index is 0.538. The lowest BCUT2D eigenvalue weighted by Gasteiger charge is -2.13. The molecule has 1 unspecified atom stereocenters. The van der Waals surface area contributed by atoms with Crippen LogP contribution < -0.4 is 4.74 Å². The van der Waals surface area contributed by atoms with Gasteiger partial charge in [0, 0.05) is 9.77 Å². The molecule has 0 spiro atoms. The number of halogens is 1. The molecule has 0 aliphatic carbocycles. The summed E-state index contributed by atoms with van der Waals surface area (Å²) >= 11 is 2.23. The molecule has 88 valence electrons. The summed E-state index contributed by atoms with van der Waals surface area (Å²) in [6.45, 7) is 0. The highest BCUT2D eigenvalue weighted by molar-refractivity contribution is 14.1. The molecule has 0 bridgehead atoms. The first kappa shape index (κ1) is 12.3. The average molecular weight is 341 g/mol. The van der Waals surface area contributed by atoms with Crippen molar-refractivity contribution in [2.24, 2.45) is 0 Å². The van der Waals surface area contributed by atoms with Crippen LogP contribution >= 0.6 is 22.6 Å². The van der Waals surface area contributed by atoms with Gasteiger partial charge in [0.25, 0.3) is 0 Å². The maximum absolute atomic E-state index is 10.2. The smallest absolute Gasteiger partial charge is 0.143 e. The van der Waals surface area contributed by atoms with E-state index in [0.29, 0.717) is 11.4 Å². The molecule has 3 nitrogen and oxygen atoms in total. The van der Waals surface area contributed by atoms with Crippen LogP contribution in [-0.2, 0) is 0 Å². The number of aliphatic hydroxyl groups excluding tert-OH is 1. The lowest BCUT2D eigenvalue weighted by Crippen LogP contribution is -2.04. The first-order valence-corrected chi connectivity index (χ1v) is 6.22. The van der Waals surface area contributed by atoms with E-state index in [1.807, 2.05) is 24.3 Å². The van der Waals surface area contributed by atoms with Crippen molar-refractivity contribution in [1.82, 2.24) is 4.98 Å². The zero-order chi connectivity index (χ0) is 12.3. The molecule has 1 aromatic carbocycles. The van der Waals surface area contributed by atoms with Gasteiger partial charge in [0.1, 0.15) is 17.5 Å². The second-order valence-electron chi connectivity index (χ2n) is 3.54. The molecule has 0 aliphatic heterocycles. The lowest BCUT2D eigenvalue weighted by atomic mass is 10.1. The zero-order valence-electron chi connectivity index (χ0n) is 9.30. The third kappa shape index (κ3) is 2.76. The van der Waals surface area contributed by atoms with Crippen LogP contribution in [0.4, 0.5) is 0 Å². The van der Waals surface area contributed by atoms with Crippen molar-refractivity contribution >= 4 is 22.6 Å². The Labute approximate surface area is 114 Å². The van der Waals surface area contributed by atoms with Crippen LogP contribution in [0.2, 0.25) is 0 Å². The van der Waals surface area contributed by atoms with E-state index in [1.165, 1.54) is 0 Å². The van der Waals surface area contributed by atoms with E-state index in [2.05, 4.69) is 27.6 Å². The van der Waals surface area contributed by atoms with Gasteiger partial charge in [-0.05, 0) is 52.4 Å². The van der Waals surface area contributed by atoms with Crippen molar-refractivity contribution in [1.29, 1.82) is 0 Å². The fraction of sp³-hybridized carbons (Fsp3) is 0.154. The number of rotatable bonds is 3. The summed E-state index contributed by atoms with van der Waals surface area (Å²) in [5.74, 6) is 0.596. The molecule has 1 atom stereocenters. The van der Waals surface area contributed by atoms with E-state index in [-0.39, 0.29) is 0 Å². The molecule has 1 N–H and O–H groups in total. The number of aromatic nitrogens is 1. The van der Waals surface area contributed by atoms with Crippen LogP contribution in [0.1, 0.15) is 17.4 Å². The summed E-state index contributed by atoms with van der Waals surface area (Å²) in [6.07, 6.45) is 0.886. The number of hydrogen-bond donors (Lipinski definition) is 1. The summed E-state index contributed by atoms with van der Waals surface area (Å²) in [5, 5.41) is 10.2. The first-order valence-electron chi connectivity index (χ1n) is 5.15. The predicted octanol–water partition coefficient (Wildman–Crippen LogP) is 2.78. The number of hydrogen-bond acceptors (Lipinski definition) is 3. The number of pyridine rings is 1. The fourth-order valence-electron chi connectivity index (χ4n) is 1.58. The maximum Gasteiger partial charge on any atom is 0.143 e. The Morgan fingerprint density at radius 3 is 2.59 bits per heavy atom. The van der Waals surface area contributed by atoms with Crippen molar-refractivity contribution in [2.75, 3.05) is 7.11 Å². The van der Waals surface area contributed by atoms with E-state index >= 15 is 0 Å². The van der Waals surface area contributed by atoms with Gasteiger partial charge in [0.2, 0.25) is 0 Å². The maximum atomic E-state index is 10.2. The summed E-state index contributed by atoms with van der Waals surface area (Å²) in [4.78, 5) is 4.17. The van der Waals surface area contributed by atoms with Crippen LogP contribution in [-0.4, -0.2) is 17.2 Å². The van der Waals surface area contributed by atoms with Gasteiger partial charge in [-0.3, -0.25) is 4.98 Å². The molecule has 2 aromatic rings. The zero-order valence-corrected chi connectivity index (χ0v) is 11.5. The lowest BCUT2D eigenvalue weighted by molar-refractivity contribution is 0.209.